The summed E-state index contributed by atoms with van der Waals surface area (Å²) in [5.41, 5.74) is -3.06. The Kier molecular flexibility index (Phi) is 3.08. The van der Waals surface area contributed by atoms with Gasteiger partial charge in [-0.05, 0) is 46.8 Å². The first-order valence-corrected chi connectivity index (χ1v) is 6.68. The van der Waals surface area contributed by atoms with Crippen molar-refractivity contribution < 1.29 is 23.9 Å². The fourth-order valence-electron chi connectivity index (χ4n) is 2.79. The lowest BCUT2D eigenvalue weighted by atomic mass is 9.67. The minimum Gasteiger partial charge on any atom is -0.459 e. The van der Waals surface area contributed by atoms with Gasteiger partial charge in [-0.3, -0.25) is 14.4 Å². The molecule has 5 heteroatoms. The molecule has 20 heavy (non-hydrogen) atoms. The molecule has 110 valence electrons. The minimum atomic E-state index is -1.44. The van der Waals surface area contributed by atoms with Crippen LogP contribution in [0.15, 0.2) is 12.2 Å². The zero-order valence-electron chi connectivity index (χ0n) is 12.5. The third kappa shape index (κ3) is 2.15. The first-order valence-electron chi connectivity index (χ1n) is 6.68. The van der Waals surface area contributed by atoms with Gasteiger partial charge in [0.1, 0.15) is 11.2 Å². The van der Waals surface area contributed by atoms with Crippen LogP contribution in [0.5, 0.6) is 0 Å². The lowest BCUT2D eigenvalue weighted by molar-refractivity contribution is -0.173. The van der Waals surface area contributed by atoms with Crippen molar-refractivity contribution in [3.8, 4) is 0 Å². The van der Waals surface area contributed by atoms with Crippen molar-refractivity contribution in [1.82, 2.24) is 0 Å². The normalized spacial score (nSPS) is 36.5. The number of esters is 2. The lowest BCUT2D eigenvalue weighted by Gasteiger charge is -2.34. The van der Waals surface area contributed by atoms with Crippen LogP contribution in [-0.2, 0) is 23.9 Å². The monoisotopic (exact) mass is 280 g/mol. The van der Waals surface area contributed by atoms with Gasteiger partial charge in [-0.2, -0.15) is 0 Å². The molecule has 1 aliphatic heterocycles. The Hall–Kier alpha value is -1.65. The summed E-state index contributed by atoms with van der Waals surface area (Å²) in [6.07, 6.45) is 3.08. The molecule has 0 unspecified atom stereocenters. The maximum absolute atomic E-state index is 12.4. The number of fused-ring (bicyclic) bond motifs is 1. The Morgan fingerprint density at radius 3 is 2.50 bits per heavy atom. The second kappa shape index (κ2) is 4.17. The molecule has 1 heterocycles. The molecule has 0 spiro atoms. The van der Waals surface area contributed by atoms with E-state index >= 15 is 0 Å². The van der Waals surface area contributed by atoms with E-state index in [4.69, 9.17) is 9.47 Å². The molecule has 0 N–H and O–H groups in total. The molecule has 1 aliphatic carbocycles. The predicted molar refractivity (Wildman–Crippen MR) is 70.7 cm³/mol. The highest BCUT2D eigenvalue weighted by Crippen LogP contribution is 2.51. The maximum atomic E-state index is 12.4. The van der Waals surface area contributed by atoms with E-state index in [9.17, 15) is 14.4 Å². The molecule has 0 aromatic rings. The zero-order chi connectivity index (χ0) is 15.3. The number of rotatable bonds is 1. The largest absolute Gasteiger partial charge is 0.459 e. The number of ether oxygens (including phenoxy) is 2. The van der Waals surface area contributed by atoms with Crippen LogP contribution in [0.3, 0.4) is 0 Å². The van der Waals surface area contributed by atoms with Gasteiger partial charge in [0, 0.05) is 12.3 Å². The molecule has 0 aromatic carbocycles. The van der Waals surface area contributed by atoms with Gasteiger partial charge in [0.05, 0.1) is 0 Å². The average molecular weight is 280 g/mol. The number of hydrogen-bond acceptors (Lipinski definition) is 5. The molecule has 0 bridgehead atoms. The highest BCUT2D eigenvalue weighted by atomic mass is 16.6. The zero-order valence-corrected chi connectivity index (χ0v) is 12.5. The summed E-state index contributed by atoms with van der Waals surface area (Å²) in [6, 6.07) is 0. The minimum absolute atomic E-state index is 0.106. The van der Waals surface area contributed by atoms with E-state index in [-0.39, 0.29) is 12.2 Å². The molecule has 0 amide bonds. The highest BCUT2D eigenvalue weighted by Gasteiger charge is 2.65. The van der Waals surface area contributed by atoms with E-state index < -0.39 is 34.5 Å². The average Bonchev–Trinajstić information content (AvgIpc) is 2.48. The van der Waals surface area contributed by atoms with E-state index in [1.165, 1.54) is 13.0 Å². The summed E-state index contributed by atoms with van der Waals surface area (Å²) in [6.45, 7) is 8.43. The van der Waals surface area contributed by atoms with Crippen LogP contribution >= 0.6 is 0 Å². The van der Waals surface area contributed by atoms with Gasteiger partial charge >= 0.3 is 11.9 Å². The SMILES string of the molecule is CC(C)(C)OC(=O)[C@]1(C)C(=O)O[C@]2(C)C=CC(=O)C[C@H]12. The standard InChI is InChI=1S/C15H20O5/c1-13(2,3)19-11(17)15(5)10-8-9(16)6-7-14(10,4)20-12(15)18/h6-7,10H,8H2,1-5H3/t10-,14+,15+/m0/s1. The lowest BCUT2D eigenvalue weighted by Crippen LogP contribution is -2.47. The molecule has 0 saturated carbocycles. The van der Waals surface area contributed by atoms with E-state index in [0.29, 0.717) is 0 Å². The number of ketones is 1. The first kappa shape index (κ1) is 14.8. The molecular formula is C15H20O5. The van der Waals surface area contributed by atoms with Crippen molar-refractivity contribution in [2.45, 2.75) is 52.2 Å². The van der Waals surface area contributed by atoms with Gasteiger partial charge in [-0.1, -0.05) is 0 Å². The summed E-state index contributed by atoms with van der Waals surface area (Å²) < 4.78 is 10.7. The summed E-state index contributed by atoms with van der Waals surface area (Å²) in [7, 11) is 0. The molecule has 1 saturated heterocycles. The van der Waals surface area contributed by atoms with E-state index in [2.05, 4.69) is 0 Å². The molecule has 3 atom stereocenters. The molecular weight excluding hydrogens is 260 g/mol. The fourth-order valence-corrected chi connectivity index (χ4v) is 2.79. The van der Waals surface area contributed by atoms with Crippen molar-refractivity contribution in [3.05, 3.63) is 12.2 Å². The summed E-state index contributed by atoms with van der Waals surface area (Å²) >= 11 is 0. The van der Waals surface area contributed by atoms with Gasteiger partial charge in [-0.15, -0.1) is 0 Å². The predicted octanol–water partition coefficient (Wildman–Crippen LogP) is 1.80. The van der Waals surface area contributed by atoms with Crippen LogP contribution in [-0.4, -0.2) is 28.9 Å². The second-order valence-corrected chi connectivity index (χ2v) is 6.83. The number of allylic oxidation sites excluding steroid dienone is 1. The molecule has 2 aliphatic rings. The van der Waals surface area contributed by atoms with E-state index in [1.807, 2.05) is 0 Å². The maximum Gasteiger partial charge on any atom is 0.324 e. The third-order valence-corrected chi connectivity index (χ3v) is 3.95. The number of carbonyl (C=O) groups is 3. The van der Waals surface area contributed by atoms with Crippen molar-refractivity contribution >= 4 is 17.7 Å². The van der Waals surface area contributed by atoms with Gasteiger partial charge in [0.2, 0.25) is 0 Å². The van der Waals surface area contributed by atoms with Crippen LogP contribution in [0.25, 0.3) is 0 Å². The number of carbonyl (C=O) groups excluding carboxylic acids is 3. The third-order valence-electron chi connectivity index (χ3n) is 3.95. The Morgan fingerprint density at radius 1 is 1.35 bits per heavy atom. The Morgan fingerprint density at radius 2 is 1.95 bits per heavy atom. The van der Waals surface area contributed by atoms with E-state index in [0.717, 1.165) is 0 Å². The first-order chi connectivity index (χ1) is 8.99. The fraction of sp³-hybridized carbons (Fsp3) is 0.667. The van der Waals surface area contributed by atoms with Crippen molar-refractivity contribution in [1.29, 1.82) is 0 Å². The van der Waals surface area contributed by atoms with Gasteiger partial charge < -0.3 is 9.47 Å². The topological polar surface area (TPSA) is 69.7 Å². The molecule has 0 aromatic heterocycles. The van der Waals surface area contributed by atoms with Crippen LogP contribution in [0.4, 0.5) is 0 Å². The molecule has 1 fully saturated rings. The van der Waals surface area contributed by atoms with Crippen molar-refractivity contribution in [2.24, 2.45) is 11.3 Å². The van der Waals surface area contributed by atoms with Crippen molar-refractivity contribution in [3.63, 3.8) is 0 Å². The van der Waals surface area contributed by atoms with E-state index in [1.54, 1.807) is 33.8 Å². The summed E-state index contributed by atoms with van der Waals surface area (Å²) in [5.74, 6) is -1.90. The number of hydrogen-bond donors (Lipinski definition) is 0. The van der Waals surface area contributed by atoms with Crippen molar-refractivity contribution in [2.75, 3.05) is 0 Å². The summed E-state index contributed by atoms with van der Waals surface area (Å²) in [5, 5.41) is 0. The quantitative estimate of drug-likeness (QED) is 0.541. The smallest absolute Gasteiger partial charge is 0.324 e. The van der Waals surface area contributed by atoms with Gasteiger partial charge in [-0.25, -0.2) is 0 Å². The molecule has 2 rings (SSSR count). The Balaban J connectivity index is 2.40. The van der Waals surface area contributed by atoms with Gasteiger partial charge in [0.15, 0.2) is 11.2 Å². The second-order valence-electron chi connectivity index (χ2n) is 6.83. The molecule has 0 radical (unpaired) electrons. The summed E-state index contributed by atoms with van der Waals surface area (Å²) in [4.78, 5) is 36.3. The van der Waals surface area contributed by atoms with Crippen LogP contribution in [0.1, 0.15) is 41.0 Å². The van der Waals surface area contributed by atoms with Crippen LogP contribution < -0.4 is 0 Å². The van der Waals surface area contributed by atoms with Crippen LogP contribution in [0, 0.1) is 11.3 Å². The Bertz CT molecular complexity index is 513. The highest BCUT2D eigenvalue weighted by molar-refractivity contribution is 6.04. The van der Waals surface area contributed by atoms with Crippen LogP contribution in [0.2, 0.25) is 0 Å². The molecule has 5 nitrogen and oxygen atoms in total. The Labute approximate surface area is 118 Å². The van der Waals surface area contributed by atoms with Gasteiger partial charge in [0.25, 0.3) is 0 Å².